The number of thiazole rings is 1. The lowest BCUT2D eigenvalue weighted by Crippen LogP contribution is -2.27. The van der Waals surface area contributed by atoms with Gasteiger partial charge in [-0.15, -0.1) is 11.3 Å². The van der Waals surface area contributed by atoms with Crippen molar-refractivity contribution in [3.8, 4) is 21.8 Å². The number of nitrogens with one attached hydrogen (secondary N) is 1. The smallest absolute Gasteiger partial charge is 0.254 e. The van der Waals surface area contributed by atoms with Crippen molar-refractivity contribution < 1.29 is 9.18 Å². The van der Waals surface area contributed by atoms with Crippen LogP contribution in [0.4, 0.5) is 10.1 Å². The van der Waals surface area contributed by atoms with Gasteiger partial charge in [0.25, 0.3) is 5.56 Å². The number of para-hydroxylation sites is 1. The number of hydrogen-bond donors (Lipinski definition) is 1. The van der Waals surface area contributed by atoms with E-state index in [0.29, 0.717) is 38.6 Å². The summed E-state index contributed by atoms with van der Waals surface area (Å²) in [5, 5.41) is 6.04. The number of thioether (sulfide) groups is 1. The molecule has 1 amide bonds. The number of aryl methyl sites for hydroxylation is 1. The number of anilines is 1. The second-order valence-electron chi connectivity index (χ2n) is 7.67. The zero-order chi connectivity index (χ0) is 22.9. The van der Waals surface area contributed by atoms with Gasteiger partial charge < -0.3 is 5.32 Å². The molecule has 9 heteroatoms. The highest BCUT2D eigenvalue weighted by molar-refractivity contribution is 7.99. The number of benzene rings is 2. The number of amides is 1. The molecule has 6 nitrogen and oxygen atoms in total. The van der Waals surface area contributed by atoms with Crippen LogP contribution in [0.2, 0.25) is 0 Å². The topological polar surface area (TPSA) is 76.9 Å². The fourth-order valence-electron chi connectivity index (χ4n) is 3.80. The molecule has 0 saturated heterocycles. The lowest BCUT2D eigenvalue weighted by molar-refractivity contribution is -0.116. The van der Waals surface area contributed by atoms with Crippen LogP contribution in [-0.2, 0) is 4.79 Å². The summed E-state index contributed by atoms with van der Waals surface area (Å²) in [5.41, 5.74) is 3.02. The van der Waals surface area contributed by atoms with Gasteiger partial charge in [0.15, 0.2) is 5.16 Å². The summed E-state index contributed by atoms with van der Waals surface area (Å²) in [6.45, 7) is 1.79. The van der Waals surface area contributed by atoms with Crippen LogP contribution in [0.15, 0.2) is 69.9 Å². The Labute approximate surface area is 197 Å². The lowest BCUT2D eigenvalue weighted by atomic mass is 10.1. The summed E-state index contributed by atoms with van der Waals surface area (Å²) in [5.74, 6) is 0.103. The Morgan fingerprint density at radius 1 is 1.15 bits per heavy atom. The summed E-state index contributed by atoms with van der Waals surface area (Å²) < 4.78 is 15.8. The fourth-order valence-corrected chi connectivity index (χ4v) is 5.84. The zero-order valence-corrected chi connectivity index (χ0v) is 19.3. The van der Waals surface area contributed by atoms with Crippen LogP contribution in [-0.4, -0.2) is 26.2 Å². The van der Waals surface area contributed by atoms with E-state index in [1.807, 2.05) is 29.6 Å². The monoisotopic (exact) mass is 478 g/mol. The van der Waals surface area contributed by atoms with E-state index in [2.05, 4.69) is 15.3 Å². The van der Waals surface area contributed by atoms with Crippen LogP contribution in [0.3, 0.4) is 0 Å². The van der Waals surface area contributed by atoms with Gasteiger partial charge in [0.05, 0.1) is 17.4 Å². The molecule has 33 heavy (non-hydrogen) atoms. The first-order chi connectivity index (χ1) is 16.0. The SMILES string of the molecule is Cc1cc(=O)n2c(n1)SCC2CC(=O)Nc1ccccc1-c1csc(-c2ccccc2F)n1. The lowest BCUT2D eigenvalue weighted by Gasteiger charge is -2.14. The third-order valence-corrected chi connectivity index (χ3v) is 7.30. The van der Waals surface area contributed by atoms with Crippen molar-refractivity contribution in [2.75, 3.05) is 11.1 Å². The van der Waals surface area contributed by atoms with Crippen LogP contribution >= 0.6 is 23.1 Å². The average molecular weight is 479 g/mol. The molecule has 3 heterocycles. The molecule has 0 saturated carbocycles. The quantitative estimate of drug-likeness (QED) is 0.401. The van der Waals surface area contributed by atoms with E-state index in [4.69, 9.17) is 0 Å². The largest absolute Gasteiger partial charge is 0.325 e. The average Bonchev–Trinajstić information content (AvgIpc) is 3.42. The summed E-state index contributed by atoms with van der Waals surface area (Å²) >= 11 is 2.84. The Kier molecular flexibility index (Phi) is 5.82. The molecule has 1 aliphatic rings. The Morgan fingerprint density at radius 2 is 1.91 bits per heavy atom. The van der Waals surface area contributed by atoms with Crippen LogP contribution in [0.25, 0.3) is 21.8 Å². The third-order valence-electron chi connectivity index (χ3n) is 5.32. The van der Waals surface area contributed by atoms with Crippen molar-refractivity contribution in [2.45, 2.75) is 24.5 Å². The minimum atomic E-state index is -0.324. The van der Waals surface area contributed by atoms with Gasteiger partial charge in [-0.25, -0.2) is 14.4 Å². The zero-order valence-electron chi connectivity index (χ0n) is 17.6. The minimum absolute atomic E-state index is 0.135. The number of carbonyl (C=O) groups is 1. The number of aromatic nitrogens is 3. The predicted octanol–water partition coefficient (Wildman–Crippen LogP) is 5.16. The van der Waals surface area contributed by atoms with E-state index >= 15 is 0 Å². The molecule has 0 spiro atoms. The van der Waals surface area contributed by atoms with Gasteiger partial charge in [-0.1, -0.05) is 42.1 Å². The molecule has 1 unspecified atom stereocenters. The molecule has 1 atom stereocenters. The molecule has 0 fully saturated rings. The molecule has 2 aromatic heterocycles. The Balaban J connectivity index is 1.36. The first-order valence-electron chi connectivity index (χ1n) is 10.3. The predicted molar refractivity (Wildman–Crippen MR) is 129 cm³/mol. The van der Waals surface area contributed by atoms with Gasteiger partial charge in [0.2, 0.25) is 5.91 Å². The molecule has 1 N–H and O–H groups in total. The molecular weight excluding hydrogens is 459 g/mol. The van der Waals surface area contributed by atoms with Crippen LogP contribution in [0.5, 0.6) is 0 Å². The van der Waals surface area contributed by atoms with Gasteiger partial charge >= 0.3 is 0 Å². The van der Waals surface area contributed by atoms with Crippen molar-refractivity contribution in [1.29, 1.82) is 0 Å². The van der Waals surface area contributed by atoms with E-state index in [9.17, 15) is 14.0 Å². The number of carbonyl (C=O) groups excluding carboxylic acids is 1. The van der Waals surface area contributed by atoms with Gasteiger partial charge in [0, 0.05) is 40.4 Å². The number of nitrogens with zero attached hydrogens (tertiary/aromatic N) is 3. The normalized spacial score (nSPS) is 14.8. The second kappa shape index (κ2) is 8.92. The van der Waals surface area contributed by atoms with Gasteiger partial charge in [-0.2, -0.15) is 0 Å². The Morgan fingerprint density at radius 3 is 2.73 bits per heavy atom. The van der Waals surface area contributed by atoms with Crippen molar-refractivity contribution in [3.05, 3.63) is 81.8 Å². The summed E-state index contributed by atoms with van der Waals surface area (Å²) in [7, 11) is 0. The van der Waals surface area contributed by atoms with Gasteiger partial charge in [-0.3, -0.25) is 14.2 Å². The highest BCUT2D eigenvalue weighted by Gasteiger charge is 2.27. The van der Waals surface area contributed by atoms with Crippen molar-refractivity contribution >= 4 is 34.7 Å². The number of halogens is 1. The number of hydrogen-bond acceptors (Lipinski definition) is 6. The molecule has 4 aromatic rings. The number of fused-ring (bicyclic) bond motifs is 1. The number of rotatable bonds is 5. The van der Waals surface area contributed by atoms with Gasteiger partial charge in [-0.05, 0) is 25.1 Å². The standard InChI is InChI=1S/C24H19FN4O2S2/c1-14-10-22(31)29-15(12-33-24(29)26-14)11-21(30)27-19-9-5-3-7-17(19)20-13-32-23(28-20)16-6-2-4-8-18(16)25/h2-10,13,15H,11-12H2,1H3,(H,27,30). The van der Waals surface area contributed by atoms with E-state index in [1.165, 1.54) is 35.2 Å². The highest BCUT2D eigenvalue weighted by Crippen LogP contribution is 2.35. The summed E-state index contributed by atoms with van der Waals surface area (Å²) in [6, 6.07) is 15.1. The van der Waals surface area contributed by atoms with Crippen molar-refractivity contribution in [2.24, 2.45) is 0 Å². The molecule has 1 aliphatic heterocycles. The minimum Gasteiger partial charge on any atom is -0.325 e. The maximum absolute atomic E-state index is 14.2. The molecule has 5 rings (SSSR count). The first-order valence-corrected chi connectivity index (χ1v) is 12.2. The van der Waals surface area contributed by atoms with Crippen molar-refractivity contribution in [3.63, 3.8) is 0 Å². The van der Waals surface area contributed by atoms with Gasteiger partial charge in [0.1, 0.15) is 10.8 Å². The second-order valence-corrected chi connectivity index (χ2v) is 9.51. The first kappa shape index (κ1) is 21.5. The molecule has 0 radical (unpaired) electrons. The van der Waals surface area contributed by atoms with E-state index in [1.54, 1.807) is 29.7 Å². The van der Waals surface area contributed by atoms with E-state index in [0.717, 1.165) is 5.56 Å². The van der Waals surface area contributed by atoms with Crippen LogP contribution < -0.4 is 10.9 Å². The highest BCUT2D eigenvalue weighted by atomic mass is 32.2. The maximum Gasteiger partial charge on any atom is 0.254 e. The fraction of sp³-hybridized carbons (Fsp3) is 0.167. The van der Waals surface area contributed by atoms with Crippen LogP contribution in [0, 0.1) is 12.7 Å². The molecule has 0 aliphatic carbocycles. The molecule has 2 aromatic carbocycles. The van der Waals surface area contributed by atoms with E-state index in [-0.39, 0.29) is 29.7 Å². The Bertz CT molecular complexity index is 1420. The molecule has 166 valence electrons. The maximum atomic E-state index is 14.2. The molecule has 0 bridgehead atoms. The van der Waals surface area contributed by atoms with Crippen LogP contribution in [0.1, 0.15) is 18.2 Å². The Hall–Kier alpha value is -3.30. The van der Waals surface area contributed by atoms with E-state index < -0.39 is 0 Å². The summed E-state index contributed by atoms with van der Waals surface area (Å²) in [6.07, 6.45) is 0.163. The third kappa shape index (κ3) is 4.34. The van der Waals surface area contributed by atoms with Crippen molar-refractivity contribution in [1.82, 2.24) is 14.5 Å². The summed E-state index contributed by atoms with van der Waals surface area (Å²) in [4.78, 5) is 34.3. The molecular formula is C24H19FN4O2S2.